The highest BCUT2D eigenvalue weighted by Crippen LogP contribution is 2.28. The van der Waals surface area contributed by atoms with Crippen LogP contribution in [0.5, 0.6) is 11.5 Å². The van der Waals surface area contributed by atoms with Crippen LogP contribution in [0, 0.1) is 11.3 Å². The molecule has 0 fully saturated rings. The van der Waals surface area contributed by atoms with Crippen molar-refractivity contribution in [2.75, 3.05) is 41.4 Å². The number of nitrogens with one attached hydrogen (secondary N) is 1. The van der Waals surface area contributed by atoms with Gasteiger partial charge in [-0.1, -0.05) is 6.07 Å². The zero-order valence-electron chi connectivity index (χ0n) is 14.0. The van der Waals surface area contributed by atoms with Crippen molar-refractivity contribution in [3.8, 4) is 17.6 Å². The summed E-state index contributed by atoms with van der Waals surface area (Å²) in [6.45, 7) is 1.41. The molecule has 6 heteroatoms. The van der Waals surface area contributed by atoms with E-state index in [1.165, 1.54) is 13.2 Å². The van der Waals surface area contributed by atoms with Gasteiger partial charge < -0.3 is 19.7 Å². The van der Waals surface area contributed by atoms with Crippen LogP contribution in [0.15, 0.2) is 23.8 Å². The van der Waals surface area contributed by atoms with Crippen LogP contribution in [0.25, 0.3) is 6.08 Å². The predicted octanol–water partition coefficient (Wildman–Crippen LogP) is 1.68. The van der Waals surface area contributed by atoms with Crippen molar-refractivity contribution < 1.29 is 14.3 Å². The zero-order chi connectivity index (χ0) is 17.2. The van der Waals surface area contributed by atoms with Crippen molar-refractivity contribution in [3.05, 3.63) is 29.3 Å². The quantitative estimate of drug-likeness (QED) is 0.448. The second kappa shape index (κ2) is 9.49. The van der Waals surface area contributed by atoms with Gasteiger partial charge in [0.1, 0.15) is 11.6 Å². The number of nitriles is 1. The number of carbonyl (C=O) groups excluding carboxylic acids is 1. The first-order chi connectivity index (χ1) is 11.0. The molecule has 0 spiro atoms. The smallest absolute Gasteiger partial charge is 0.261 e. The van der Waals surface area contributed by atoms with Gasteiger partial charge in [0.25, 0.3) is 5.91 Å². The van der Waals surface area contributed by atoms with Gasteiger partial charge in [0.15, 0.2) is 11.5 Å². The summed E-state index contributed by atoms with van der Waals surface area (Å²) in [6.07, 6.45) is 2.36. The van der Waals surface area contributed by atoms with Gasteiger partial charge in [0.2, 0.25) is 0 Å². The number of methoxy groups -OCH3 is 2. The molecule has 0 unspecified atom stereocenters. The molecular weight excluding hydrogens is 294 g/mol. The lowest BCUT2D eigenvalue weighted by Crippen LogP contribution is -2.27. The minimum atomic E-state index is -0.374. The standard InChI is InChI=1S/C17H23N3O3/c1-20(2)9-5-8-19-17(21)14(12-18)10-13-6-7-15(22-3)16(11-13)23-4/h6-7,10-11H,5,8-9H2,1-4H3,(H,19,21). The SMILES string of the molecule is COc1ccc(C=C(C#N)C(=O)NCCCN(C)C)cc1OC. The van der Waals surface area contributed by atoms with Gasteiger partial charge in [-0.25, -0.2) is 0 Å². The molecule has 0 heterocycles. The Labute approximate surface area is 137 Å². The molecule has 0 atom stereocenters. The van der Waals surface area contributed by atoms with Crippen molar-refractivity contribution in [1.82, 2.24) is 10.2 Å². The summed E-state index contributed by atoms with van der Waals surface area (Å²) >= 11 is 0. The second-order valence-electron chi connectivity index (χ2n) is 5.20. The molecule has 1 rings (SSSR count). The number of carbonyl (C=O) groups is 1. The summed E-state index contributed by atoms with van der Waals surface area (Å²) in [7, 11) is 7.03. The van der Waals surface area contributed by atoms with Crippen molar-refractivity contribution >= 4 is 12.0 Å². The normalized spacial score (nSPS) is 11.0. The minimum Gasteiger partial charge on any atom is -0.493 e. The molecule has 6 nitrogen and oxygen atoms in total. The average Bonchev–Trinajstić information content (AvgIpc) is 2.55. The van der Waals surface area contributed by atoms with E-state index in [4.69, 9.17) is 9.47 Å². The molecule has 0 saturated carbocycles. The average molecular weight is 317 g/mol. The van der Waals surface area contributed by atoms with Gasteiger partial charge in [0.05, 0.1) is 14.2 Å². The molecule has 1 aromatic rings. The Hall–Kier alpha value is -2.52. The Kier molecular flexibility index (Phi) is 7.64. The molecule has 1 amide bonds. The molecule has 1 aromatic carbocycles. The van der Waals surface area contributed by atoms with Gasteiger partial charge in [0, 0.05) is 6.54 Å². The van der Waals surface area contributed by atoms with Crippen molar-refractivity contribution in [3.63, 3.8) is 0 Å². The first kappa shape index (κ1) is 18.5. The Morgan fingerprint density at radius 3 is 2.57 bits per heavy atom. The highest BCUT2D eigenvalue weighted by molar-refractivity contribution is 6.01. The van der Waals surface area contributed by atoms with Crippen LogP contribution < -0.4 is 14.8 Å². The fourth-order valence-corrected chi connectivity index (χ4v) is 1.95. The summed E-state index contributed by atoms with van der Waals surface area (Å²) in [5, 5.41) is 11.9. The van der Waals surface area contributed by atoms with Crippen molar-refractivity contribution in [1.29, 1.82) is 5.26 Å². The molecular formula is C17H23N3O3. The van der Waals surface area contributed by atoms with Crippen LogP contribution in [0.1, 0.15) is 12.0 Å². The fraction of sp³-hybridized carbons (Fsp3) is 0.412. The monoisotopic (exact) mass is 317 g/mol. The molecule has 0 radical (unpaired) electrons. The second-order valence-corrected chi connectivity index (χ2v) is 5.20. The number of rotatable bonds is 8. The van der Waals surface area contributed by atoms with E-state index >= 15 is 0 Å². The largest absolute Gasteiger partial charge is 0.493 e. The van der Waals surface area contributed by atoms with Crippen LogP contribution in [0.3, 0.4) is 0 Å². The van der Waals surface area contributed by atoms with Crippen molar-refractivity contribution in [2.24, 2.45) is 0 Å². The summed E-state index contributed by atoms with van der Waals surface area (Å²) < 4.78 is 10.4. The maximum atomic E-state index is 12.0. The maximum absolute atomic E-state index is 12.0. The van der Waals surface area contributed by atoms with E-state index in [0.29, 0.717) is 23.6 Å². The van der Waals surface area contributed by atoms with Crippen molar-refractivity contribution in [2.45, 2.75) is 6.42 Å². The lowest BCUT2D eigenvalue weighted by atomic mass is 10.1. The van der Waals surface area contributed by atoms with E-state index < -0.39 is 0 Å². The van der Waals surface area contributed by atoms with Gasteiger partial charge in [-0.2, -0.15) is 5.26 Å². The molecule has 0 saturated heterocycles. The molecule has 0 aromatic heterocycles. The number of amides is 1. The van der Waals surface area contributed by atoms with Crippen LogP contribution in [0.2, 0.25) is 0 Å². The number of benzene rings is 1. The number of hydrogen-bond donors (Lipinski definition) is 1. The lowest BCUT2D eigenvalue weighted by molar-refractivity contribution is -0.117. The third kappa shape index (κ3) is 6.01. The Morgan fingerprint density at radius 1 is 1.30 bits per heavy atom. The third-order valence-electron chi connectivity index (χ3n) is 3.15. The van der Waals surface area contributed by atoms with Crippen LogP contribution >= 0.6 is 0 Å². The summed E-state index contributed by atoms with van der Waals surface area (Å²) in [5.74, 6) is 0.766. The molecule has 0 aliphatic rings. The highest BCUT2D eigenvalue weighted by atomic mass is 16.5. The van der Waals surface area contributed by atoms with Crippen LogP contribution in [-0.2, 0) is 4.79 Å². The van der Waals surface area contributed by atoms with Gasteiger partial charge in [-0.05, 0) is 50.8 Å². The maximum Gasteiger partial charge on any atom is 0.261 e. The third-order valence-corrected chi connectivity index (χ3v) is 3.15. The molecule has 23 heavy (non-hydrogen) atoms. The van der Waals surface area contributed by atoms with E-state index in [-0.39, 0.29) is 11.5 Å². The summed E-state index contributed by atoms with van der Waals surface area (Å²) in [5.41, 5.74) is 0.754. The molecule has 0 bridgehead atoms. The van der Waals surface area contributed by atoms with Crippen LogP contribution in [-0.4, -0.2) is 52.2 Å². The Bertz CT molecular complexity index is 604. The van der Waals surface area contributed by atoms with E-state index in [2.05, 4.69) is 5.32 Å². The topological polar surface area (TPSA) is 74.6 Å². The molecule has 0 aliphatic carbocycles. The van der Waals surface area contributed by atoms with E-state index in [1.807, 2.05) is 25.1 Å². The zero-order valence-corrected chi connectivity index (χ0v) is 14.0. The van der Waals surface area contributed by atoms with E-state index in [0.717, 1.165) is 13.0 Å². The molecule has 124 valence electrons. The van der Waals surface area contributed by atoms with E-state index in [9.17, 15) is 10.1 Å². The Balaban J connectivity index is 2.78. The van der Waals surface area contributed by atoms with Gasteiger partial charge in [-0.15, -0.1) is 0 Å². The lowest BCUT2D eigenvalue weighted by Gasteiger charge is -2.10. The minimum absolute atomic E-state index is 0.0575. The molecule has 1 N–H and O–H groups in total. The van der Waals surface area contributed by atoms with Gasteiger partial charge in [-0.3, -0.25) is 4.79 Å². The highest BCUT2D eigenvalue weighted by Gasteiger charge is 2.10. The number of ether oxygens (including phenoxy) is 2. The summed E-state index contributed by atoms with van der Waals surface area (Å²) in [4.78, 5) is 14.1. The van der Waals surface area contributed by atoms with Crippen LogP contribution in [0.4, 0.5) is 0 Å². The fourth-order valence-electron chi connectivity index (χ4n) is 1.95. The first-order valence-corrected chi connectivity index (χ1v) is 7.28. The van der Waals surface area contributed by atoms with E-state index in [1.54, 1.807) is 25.3 Å². The first-order valence-electron chi connectivity index (χ1n) is 7.28. The summed E-state index contributed by atoms with van der Waals surface area (Å²) in [6, 6.07) is 7.14. The van der Waals surface area contributed by atoms with Gasteiger partial charge >= 0.3 is 0 Å². The number of nitrogens with zero attached hydrogens (tertiary/aromatic N) is 2. The molecule has 0 aliphatic heterocycles. The Morgan fingerprint density at radius 2 is 2.00 bits per heavy atom. The number of hydrogen-bond acceptors (Lipinski definition) is 5. The predicted molar refractivity (Wildman–Crippen MR) is 89.3 cm³/mol.